The maximum absolute atomic E-state index is 12.5. The van der Waals surface area contributed by atoms with E-state index in [1.807, 2.05) is 13.8 Å². The van der Waals surface area contributed by atoms with E-state index in [1.165, 1.54) is 6.07 Å². The predicted molar refractivity (Wildman–Crippen MR) is 45.8 cm³/mol. The van der Waals surface area contributed by atoms with Gasteiger partial charge in [0, 0.05) is 5.56 Å². The average Bonchev–Trinajstić information content (AvgIpc) is 2.03. The Bertz CT molecular complexity index is 298. The third-order valence-electron chi connectivity index (χ3n) is 1.76. The van der Waals surface area contributed by atoms with Gasteiger partial charge in [-0.3, -0.25) is 0 Å². The fraction of sp³-hybridized carbons (Fsp3) is 0.556. The minimum absolute atomic E-state index is 0.00231. The van der Waals surface area contributed by atoms with Gasteiger partial charge in [0.15, 0.2) is 0 Å². The van der Waals surface area contributed by atoms with E-state index in [9.17, 15) is 8.78 Å². The molecule has 0 saturated heterocycles. The highest BCUT2D eigenvalue weighted by Gasteiger charge is 2.17. The first-order valence-electron chi connectivity index (χ1n) is 4.14. The molecule has 0 aliphatic heterocycles. The van der Waals surface area contributed by atoms with Crippen LogP contribution in [0.25, 0.3) is 0 Å². The first-order chi connectivity index (χ1) is 6.02. The molecule has 1 rings (SSSR count). The van der Waals surface area contributed by atoms with E-state index >= 15 is 0 Å². The second-order valence-electron chi connectivity index (χ2n) is 3.28. The van der Waals surface area contributed by atoms with Gasteiger partial charge in [-0.2, -0.15) is 10.2 Å². The molecule has 0 spiro atoms. The van der Waals surface area contributed by atoms with Crippen molar-refractivity contribution in [3.63, 3.8) is 0 Å². The molecule has 13 heavy (non-hydrogen) atoms. The molecule has 0 fully saturated rings. The first kappa shape index (κ1) is 10.0. The smallest absolute Gasteiger partial charge is 0.205 e. The second-order valence-corrected chi connectivity index (χ2v) is 3.28. The molecule has 0 aromatic carbocycles. The standard InChI is InChI=1S/C9H12F2N2/c1-5(2)8-7(9(10)11)4-6(3)12-13-8/h4-5,9H,1-3H3. The Morgan fingerprint density at radius 3 is 2.31 bits per heavy atom. The highest BCUT2D eigenvalue weighted by atomic mass is 19.3. The summed E-state index contributed by atoms with van der Waals surface area (Å²) in [6, 6.07) is 1.40. The summed E-state index contributed by atoms with van der Waals surface area (Å²) in [5.74, 6) is -0.0166. The number of rotatable bonds is 2. The third-order valence-corrected chi connectivity index (χ3v) is 1.76. The number of halogens is 2. The molecule has 1 aromatic heterocycles. The Hall–Kier alpha value is -1.06. The molecular weight excluding hydrogens is 174 g/mol. The number of alkyl halides is 2. The molecule has 0 radical (unpaired) electrons. The summed E-state index contributed by atoms with van der Waals surface area (Å²) in [4.78, 5) is 0. The van der Waals surface area contributed by atoms with Crippen molar-refractivity contribution in [1.82, 2.24) is 10.2 Å². The molecule has 1 aromatic rings. The van der Waals surface area contributed by atoms with Gasteiger partial charge in [-0.05, 0) is 18.9 Å². The van der Waals surface area contributed by atoms with Gasteiger partial charge in [-0.25, -0.2) is 8.78 Å². The van der Waals surface area contributed by atoms with E-state index < -0.39 is 6.43 Å². The van der Waals surface area contributed by atoms with Crippen LogP contribution in [0, 0.1) is 6.92 Å². The molecule has 0 unspecified atom stereocenters. The quantitative estimate of drug-likeness (QED) is 0.709. The lowest BCUT2D eigenvalue weighted by Gasteiger charge is -2.09. The number of aromatic nitrogens is 2. The van der Waals surface area contributed by atoms with Crippen molar-refractivity contribution in [2.75, 3.05) is 0 Å². The topological polar surface area (TPSA) is 25.8 Å². The Labute approximate surface area is 76.0 Å². The summed E-state index contributed by atoms with van der Waals surface area (Å²) in [7, 11) is 0. The minimum atomic E-state index is -2.47. The van der Waals surface area contributed by atoms with Crippen molar-refractivity contribution < 1.29 is 8.78 Å². The van der Waals surface area contributed by atoms with Gasteiger partial charge >= 0.3 is 0 Å². The number of hydrogen-bond acceptors (Lipinski definition) is 2. The molecule has 0 amide bonds. The zero-order chi connectivity index (χ0) is 10.0. The average molecular weight is 186 g/mol. The Morgan fingerprint density at radius 1 is 1.23 bits per heavy atom. The van der Waals surface area contributed by atoms with Gasteiger partial charge in [-0.15, -0.1) is 0 Å². The zero-order valence-electron chi connectivity index (χ0n) is 7.88. The van der Waals surface area contributed by atoms with Gasteiger partial charge in [0.05, 0.1) is 11.4 Å². The highest BCUT2D eigenvalue weighted by Crippen LogP contribution is 2.26. The first-order valence-corrected chi connectivity index (χ1v) is 4.14. The van der Waals surface area contributed by atoms with Crippen molar-refractivity contribution in [1.29, 1.82) is 0 Å². The molecular formula is C9H12F2N2. The lowest BCUT2D eigenvalue weighted by molar-refractivity contribution is 0.149. The fourth-order valence-corrected chi connectivity index (χ4v) is 1.14. The van der Waals surface area contributed by atoms with Gasteiger partial charge in [-0.1, -0.05) is 13.8 Å². The van der Waals surface area contributed by atoms with Crippen molar-refractivity contribution in [2.45, 2.75) is 33.1 Å². The van der Waals surface area contributed by atoms with Crippen LogP contribution in [-0.4, -0.2) is 10.2 Å². The van der Waals surface area contributed by atoms with E-state index in [0.717, 1.165) is 0 Å². The van der Waals surface area contributed by atoms with Crippen LogP contribution < -0.4 is 0 Å². The molecule has 2 nitrogen and oxygen atoms in total. The third kappa shape index (κ3) is 2.20. The molecule has 0 aliphatic carbocycles. The van der Waals surface area contributed by atoms with Crippen molar-refractivity contribution in [3.05, 3.63) is 23.0 Å². The molecule has 0 N–H and O–H groups in total. The van der Waals surface area contributed by atoms with Crippen LogP contribution in [-0.2, 0) is 0 Å². The molecule has 0 saturated carbocycles. The SMILES string of the molecule is Cc1cc(C(F)F)c(C(C)C)nn1. The summed E-state index contributed by atoms with van der Waals surface area (Å²) < 4.78 is 25.0. The van der Waals surface area contributed by atoms with Crippen molar-refractivity contribution in [3.8, 4) is 0 Å². The Balaban J connectivity index is 3.19. The summed E-state index contributed by atoms with van der Waals surface area (Å²) in [6.45, 7) is 5.30. The predicted octanol–water partition coefficient (Wildman–Crippen LogP) is 2.85. The van der Waals surface area contributed by atoms with Crippen LogP contribution in [0.3, 0.4) is 0 Å². The van der Waals surface area contributed by atoms with Crippen LogP contribution in [0.4, 0.5) is 8.78 Å². The summed E-state index contributed by atoms with van der Waals surface area (Å²) >= 11 is 0. The maximum atomic E-state index is 12.5. The van der Waals surface area contributed by atoms with Gasteiger partial charge in [0.1, 0.15) is 0 Å². The molecule has 0 aliphatic rings. The molecule has 4 heteroatoms. The van der Waals surface area contributed by atoms with Crippen molar-refractivity contribution >= 4 is 0 Å². The van der Waals surface area contributed by atoms with E-state index in [0.29, 0.717) is 11.4 Å². The lowest BCUT2D eigenvalue weighted by atomic mass is 10.0. The van der Waals surface area contributed by atoms with E-state index in [2.05, 4.69) is 10.2 Å². The maximum Gasteiger partial charge on any atom is 0.265 e. The monoisotopic (exact) mass is 186 g/mol. The lowest BCUT2D eigenvalue weighted by Crippen LogP contribution is -2.03. The second kappa shape index (κ2) is 3.77. The zero-order valence-corrected chi connectivity index (χ0v) is 7.88. The van der Waals surface area contributed by atoms with Crippen molar-refractivity contribution in [2.24, 2.45) is 0 Å². The number of nitrogens with zero attached hydrogens (tertiary/aromatic N) is 2. The number of hydrogen-bond donors (Lipinski definition) is 0. The fourth-order valence-electron chi connectivity index (χ4n) is 1.14. The number of aryl methyl sites for hydroxylation is 1. The molecule has 72 valence electrons. The van der Waals surface area contributed by atoms with Gasteiger partial charge in [0.25, 0.3) is 6.43 Å². The highest BCUT2D eigenvalue weighted by molar-refractivity contribution is 5.24. The minimum Gasteiger partial charge on any atom is -0.205 e. The van der Waals surface area contributed by atoms with E-state index in [1.54, 1.807) is 6.92 Å². The van der Waals surface area contributed by atoms with Crippen LogP contribution in [0.2, 0.25) is 0 Å². The Kier molecular flexibility index (Phi) is 2.90. The van der Waals surface area contributed by atoms with Crippen LogP contribution in [0.1, 0.15) is 43.1 Å². The largest absolute Gasteiger partial charge is 0.265 e. The van der Waals surface area contributed by atoms with Gasteiger partial charge in [0.2, 0.25) is 0 Å². The van der Waals surface area contributed by atoms with Crippen LogP contribution in [0.5, 0.6) is 0 Å². The molecule has 1 heterocycles. The van der Waals surface area contributed by atoms with Gasteiger partial charge < -0.3 is 0 Å². The van der Waals surface area contributed by atoms with E-state index in [4.69, 9.17) is 0 Å². The molecule has 0 atom stereocenters. The van der Waals surface area contributed by atoms with E-state index in [-0.39, 0.29) is 11.5 Å². The van der Waals surface area contributed by atoms with Crippen LogP contribution in [0.15, 0.2) is 6.07 Å². The Morgan fingerprint density at radius 2 is 1.85 bits per heavy atom. The summed E-state index contributed by atoms with van der Waals surface area (Å²) in [6.07, 6.45) is -2.47. The van der Waals surface area contributed by atoms with Crippen LogP contribution >= 0.6 is 0 Å². The molecule has 0 bridgehead atoms. The summed E-state index contributed by atoms with van der Waals surface area (Å²) in [5.41, 5.74) is 0.919. The normalized spacial score (nSPS) is 11.3. The summed E-state index contributed by atoms with van der Waals surface area (Å²) in [5, 5.41) is 7.53.